The number of carbonyl (C=O) groups excluding carboxylic acids is 4. The highest BCUT2D eigenvalue weighted by atomic mass is 32.1. The maximum Gasteiger partial charge on any atom is 0.245 e. The van der Waals surface area contributed by atoms with Crippen LogP contribution in [0.5, 0.6) is 0 Å². The molecule has 1 aliphatic heterocycles. The average Bonchev–Trinajstić information content (AvgIpc) is 3.92. The molecule has 13 nitrogen and oxygen atoms in total. The maximum atomic E-state index is 14.4. The third kappa shape index (κ3) is 13.0. The summed E-state index contributed by atoms with van der Waals surface area (Å²) in [7, 11) is 6.85. The molecule has 0 unspecified atom stereocenters. The maximum absolute atomic E-state index is 14.4. The molecule has 4 amide bonds. The number of nitrogens with zero attached hydrogens (tertiary/aromatic N) is 4. The van der Waals surface area contributed by atoms with Gasteiger partial charge in [0, 0.05) is 39.4 Å². The Hall–Kier alpha value is -3.43. The summed E-state index contributed by atoms with van der Waals surface area (Å²) >= 11 is 1.51. The summed E-state index contributed by atoms with van der Waals surface area (Å²) in [6.45, 7) is 15.6. The van der Waals surface area contributed by atoms with Crippen LogP contribution in [-0.4, -0.2) is 128 Å². The summed E-state index contributed by atoms with van der Waals surface area (Å²) in [6, 6.07) is 7.74. The van der Waals surface area contributed by atoms with Gasteiger partial charge >= 0.3 is 0 Å². The largest absolute Gasteiger partial charge is 0.379 e. The number of carbonyl (C=O) groups is 4. The molecule has 58 heavy (non-hydrogen) atoms. The molecule has 2 aromatic rings. The third-order valence-corrected chi connectivity index (χ3v) is 12.8. The number of likely N-dealkylation sites (tertiary alicyclic amines) is 1. The molecule has 326 valence electrons. The van der Waals surface area contributed by atoms with Gasteiger partial charge in [-0.25, -0.2) is 4.98 Å². The second-order valence-corrected chi connectivity index (χ2v) is 17.7. The fraction of sp³-hybridized carbons (Fsp3) is 0.705. The van der Waals surface area contributed by atoms with Crippen LogP contribution in [0, 0.1) is 23.7 Å². The van der Waals surface area contributed by atoms with Crippen LogP contribution >= 0.6 is 11.3 Å². The molecular weight excluding hydrogens is 755 g/mol. The second-order valence-electron chi connectivity index (χ2n) is 16.8. The van der Waals surface area contributed by atoms with Gasteiger partial charge < -0.3 is 35.6 Å². The monoisotopic (exact) mass is 828 g/mol. The van der Waals surface area contributed by atoms with Gasteiger partial charge in [0.2, 0.25) is 23.6 Å². The number of thiazole rings is 1. The lowest BCUT2D eigenvalue weighted by Crippen LogP contribution is -2.60. The first kappa shape index (κ1) is 48.9. The van der Waals surface area contributed by atoms with E-state index in [-0.39, 0.29) is 59.9 Å². The highest BCUT2D eigenvalue weighted by Gasteiger charge is 2.43. The Morgan fingerprint density at radius 3 is 2.22 bits per heavy atom. The first-order valence-corrected chi connectivity index (χ1v) is 22.0. The molecule has 0 saturated carbocycles. The van der Waals surface area contributed by atoms with Crippen LogP contribution < -0.4 is 16.4 Å². The van der Waals surface area contributed by atoms with Crippen molar-refractivity contribution < 1.29 is 28.7 Å². The molecule has 14 heteroatoms. The van der Waals surface area contributed by atoms with Gasteiger partial charge in [0.15, 0.2) is 0 Å². The van der Waals surface area contributed by atoms with Crippen LogP contribution in [0.4, 0.5) is 0 Å². The standard InChI is InChI=1S/C44H73N7O6S/c1-12-30(6)39(50(9)44(55)37(28(2)3)48-42(54)38(29(4)5)49(8)23-17-21-45)35(56-10)27-36(52)51-24-16-20-34(51)40(57-11)31(7)41(53)47-33(43-46-22-25-58-43)26-32-18-14-13-15-19-32/h13-15,18-19,22,25,28-31,33-35,37-40H,12,16-17,20-21,23-24,26-27,45H2,1-11H3,(H,47,53)(H,48,54)/t30-,31+,33-,34-,35+,37-,38-,39-,40+/m0/s1. The van der Waals surface area contributed by atoms with Gasteiger partial charge in [-0.1, -0.05) is 85.2 Å². The van der Waals surface area contributed by atoms with E-state index in [1.807, 2.05) is 87.2 Å². The zero-order valence-electron chi connectivity index (χ0n) is 37.0. The van der Waals surface area contributed by atoms with Crippen molar-refractivity contribution in [3.8, 4) is 0 Å². The molecule has 0 radical (unpaired) electrons. The smallest absolute Gasteiger partial charge is 0.245 e. The van der Waals surface area contributed by atoms with Crippen molar-refractivity contribution in [2.75, 3.05) is 47.9 Å². The fourth-order valence-corrected chi connectivity index (χ4v) is 9.22. The number of aromatic nitrogens is 1. The van der Waals surface area contributed by atoms with Crippen molar-refractivity contribution in [2.45, 2.75) is 129 Å². The number of amides is 4. The zero-order chi connectivity index (χ0) is 43.1. The molecule has 1 fully saturated rings. The van der Waals surface area contributed by atoms with Crippen molar-refractivity contribution in [3.05, 3.63) is 52.5 Å². The molecule has 1 saturated heterocycles. The van der Waals surface area contributed by atoms with Crippen LogP contribution in [0.25, 0.3) is 0 Å². The Bertz CT molecular complexity index is 1550. The Balaban J connectivity index is 1.79. The number of nitrogens with two attached hydrogens (primary N) is 1. The molecule has 2 heterocycles. The second kappa shape index (κ2) is 24.0. The Labute approximate surface area is 352 Å². The number of ether oxygens (including phenoxy) is 2. The number of nitrogens with one attached hydrogen (secondary N) is 2. The summed E-state index contributed by atoms with van der Waals surface area (Å²) in [5.74, 6) is -1.45. The first-order valence-electron chi connectivity index (χ1n) is 21.2. The molecule has 4 N–H and O–H groups in total. The van der Waals surface area contributed by atoms with Crippen molar-refractivity contribution in [2.24, 2.45) is 29.4 Å². The lowest BCUT2D eigenvalue weighted by atomic mass is 9.89. The van der Waals surface area contributed by atoms with Gasteiger partial charge in [0.1, 0.15) is 11.0 Å². The third-order valence-electron chi connectivity index (χ3n) is 11.9. The number of hydrogen-bond acceptors (Lipinski definition) is 10. The van der Waals surface area contributed by atoms with Crippen LogP contribution in [0.3, 0.4) is 0 Å². The van der Waals surface area contributed by atoms with Crippen LogP contribution in [-0.2, 0) is 35.1 Å². The van der Waals surface area contributed by atoms with Crippen molar-refractivity contribution in [3.63, 3.8) is 0 Å². The summed E-state index contributed by atoms with van der Waals surface area (Å²) in [6.07, 6.45) is 4.20. The zero-order valence-corrected chi connectivity index (χ0v) is 37.8. The summed E-state index contributed by atoms with van der Waals surface area (Å²) in [5, 5.41) is 9.07. The molecule has 3 rings (SSSR count). The van der Waals surface area contributed by atoms with Gasteiger partial charge in [0.25, 0.3) is 0 Å². The molecule has 1 aromatic carbocycles. The van der Waals surface area contributed by atoms with Gasteiger partial charge in [0.05, 0.1) is 48.7 Å². The normalized spacial score (nSPS) is 18.7. The summed E-state index contributed by atoms with van der Waals surface area (Å²) in [4.78, 5) is 66.5. The minimum atomic E-state index is -0.776. The molecule has 1 aliphatic rings. The van der Waals surface area contributed by atoms with Crippen LogP contribution in [0.1, 0.15) is 97.2 Å². The predicted octanol–water partition coefficient (Wildman–Crippen LogP) is 4.91. The predicted molar refractivity (Wildman–Crippen MR) is 231 cm³/mol. The molecule has 0 bridgehead atoms. The van der Waals surface area contributed by atoms with Gasteiger partial charge in [-0.15, -0.1) is 11.3 Å². The van der Waals surface area contributed by atoms with E-state index in [2.05, 4.69) is 29.5 Å². The minimum absolute atomic E-state index is 0.0183. The average molecular weight is 828 g/mol. The molecule has 9 atom stereocenters. The number of methoxy groups -OCH3 is 2. The van der Waals surface area contributed by atoms with E-state index in [1.165, 1.54) is 11.3 Å². The summed E-state index contributed by atoms with van der Waals surface area (Å²) < 4.78 is 12.1. The van der Waals surface area contributed by atoms with Crippen molar-refractivity contribution in [1.82, 2.24) is 30.3 Å². The van der Waals surface area contributed by atoms with E-state index in [0.717, 1.165) is 29.8 Å². The van der Waals surface area contributed by atoms with E-state index < -0.39 is 36.3 Å². The Morgan fingerprint density at radius 1 is 0.983 bits per heavy atom. The lowest BCUT2D eigenvalue weighted by Gasteiger charge is -2.41. The highest BCUT2D eigenvalue weighted by Crippen LogP contribution is 2.30. The lowest BCUT2D eigenvalue weighted by molar-refractivity contribution is -0.148. The quantitative estimate of drug-likeness (QED) is 0.134. The van der Waals surface area contributed by atoms with Gasteiger partial charge in [-0.2, -0.15) is 0 Å². The molecule has 1 aromatic heterocycles. The van der Waals surface area contributed by atoms with Gasteiger partial charge in [-0.05, 0) is 69.1 Å². The number of hydrogen-bond donors (Lipinski definition) is 3. The van der Waals surface area contributed by atoms with Crippen LogP contribution in [0.2, 0.25) is 0 Å². The van der Waals surface area contributed by atoms with E-state index in [1.54, 1.807) is 32.4 Å². The molecule has 0 spiro atoms. The van der Waals surface area contributed by atoms with Crippen LogP contribution in [0.15, 0.2) is 41.9 Å². The topological polar surface area (TPSA) is 159 Å². The van der Waals surface area contributed by atoms with E-state index in [9.17, 15) is 19.2 Å². The SMILES string of the molecule is CC[C@H](C)[C@@H]([C@@H](CC(=O)N1CCC[C@H]1[C@H](OC)[C@@H](C)C(=O)N[C@@H](Cc1ccccc1)c1nccs1)OC)N(C)C(=O)[C@@H](NC(=O)[C@H](C(C)C)N(C)CCCN)C(C)C. The van der Waals surface area contributed by atoms with Gasteiger partial charge in [-0.3, -0.25) is 24.1 Å². The van der Waals surface area contributed by atoms with E-state index in [0.29, 0.717) is 32.5 Å². The first-order chi connectivity index (χ1) is 27.6. The van der Waals surface area contributed by atoms with Crippen molar-refractivity contribution in [1.29, 1.82) is 0 Å². The molecule has 0 aliphatic carbocycles. The van der Waals surface area contributed by atoms with E-state index >= 15 is 0 Å². The molecular formula is C44H73N7O6S. The minimum Gasteiger partial charge on any atom is -0.379 e. The number of benzene rings is 1. The fourth-order valence-electron chi connectivity index (χ4n) is 8.53. The number of likely N-dealkylation sites (N-methyl/N-ethyl adjacent to an activating group) is 2. The number of rotatable bonds is 24. The Kier molecular flexibility index (Phi) is 20.2. The van der Waals surface area contributed by atoms with Crippen molar-refractivity contribution >= 4 is 35.0 Å². The highest BCUT2D eigenvalue weighted by molar-refractivity contribution is 7.09. The summed E-state index contributed by atoms with van der Waals surface area (Å²) in [5.41, 5.74) is 6.84. The van der Waals surface area contributed by atoms with E-state index in [4.69, 9.17) is 15.2 Å². The Morgan fingerprint density at radius 2 is 1.67 bits per heavy atom.